The van der Waals surface area contributed by atoms with Gasteiger partial charge in [0.2, 0.25) is 5.88 Å². The van der Waals surface area contributed by atoms with E-state index in [1.165, 1.54) is 4.52 Å². The van der Waals surface area contributed by atoms with Gasteiger partial charge in [-0.05, 0) is 64.4 Å². The molecule has 2 amide bonds. The third-order valence-corrected chi connectivity index (χ3v) is 6.95. The van der Waals surface area contributed by atoms with Crippen molar-refractivity contribution in [1.29, 1.82) is 0 Å². The quantitative estimate of drug-likeness (QED) is 0.629. The van der Waals surface area contributed by atoms with Gasteiger partial charge in [-0.15, -0.1) is 0 Å². The Labute approximate surface area is 215 Å². The Bertz CT molecular complexity index is 1290. The smallest absolute Gasteiger partial charge is 0.410 e. The van der Waals surface area contributed by atoms with Crippen LogP contribution in [0.3, 0.4) is 0 Å². The van der Waals surface area contributed by atoms with Crippen LogP contribution in [-0.2, 0) is 16.0 Å². The molecule has 1 saturated carbocycles. The molecule has 11 heteroatoms. The summed E-state index contributed by atoms with van der Waals surface area (Å²) in [5, 5.41) is 18.5. The van der Waals surface area contributed by atoms with E-state index >= 15 is 0 Å². The number of amides is 2. The van der Waals surface area contributed by atoms with Crippen molar-refractivity contribution >= 4 is 23.2 Å². The van der Waals surface area contributed by atoms with Crippen molar-refractivity contribution in [3.8, 4) is 5.88 Å². The maximum Gasteiger partial charge on any atom is 0.410 e. The Balaban J connectivity index is 1.56. The van der Waals surface area contributed by atoms with Crippen LogP contribution < -0.4 is 10.9 Å². The normalized spacial score (nSPS) is 19.1. The molecule has 0 aromatic carbocycles. The number of nitrogens with one attached hydrogen (secondary N) is 1. The lowest BCUT2D eigenvalue weighted by Gasteiger charge is -2.30. The van der Waals surface area contributed by atoms with Crippen LogP contribution >= 0.6 is 0 Å². The van der Waals surface area contributed by atoms with Gasteiger partial charge in [-0.2, -0.15) is 9.61 Å². The third-order valence-electron chi connectivity index (χ3n) is 6.95. The van der Waals surface area contributed by atoms with Crippen molar-refractivity contribution < 1.29 is 24.2 Å². The lowest BCUT2D eigenvalue weighted by molar-refractivity contribution is 0.0273. The number of ether oxygens (including phenoxy) is 2. The number of hydrogen-bond acceptors (Lipinski definition) is 7. The van der Waals surface area contributed by atoms with E-state index < -0.39 is 23.2 Å². The number of fused-ring (bicyclic) bond motifs is 1. The highest BCUT2D eigenvalue weighted by Crippen LogP contribution is 2.30. The van der Waals surface area contributed by atoms with Crippen LogP contribution in [0, 0.1) is 5.92 Å². The Morgan fingerprint density at radius 1 is 1.22 bits per heavy atom. The Morgan fingerprint density at radius 2 is 1.95 bits per heavy atom. The minimum atomic E-state index is -0.666. The van der Waals surface area contributed by atoms with E-state index in [1.54, 1.807) is 15.7 Å². The third kappa shape index (κ3) is 5.36. The number of nitrogens with zero attached hydrogens (tertiary/aromatic N) is 4. The van der Waals surface area contributed by atoms with Gasteiger partial charge in [0.25, 0.3) is 11.5 Å². The van der Waals surface area contributed by atoms with Crippen LogP contribution in [-0.4, -0.2) is 74.1 Å². The highest BCUT2D eigenvalue weighted by Gasteiger charge is 2.32. The number of aromatic hydroxyl groups is 1. The molecule has 4 heterocycles. The number of aromatic nitrogens is 3. The van der Waals surface area contributed by atoms with E-state index in [-0.39, 0.29) is 29.9 Å². The second-order valence-electron chi connectivity index (χ2n) is 11.1. The number of carbonyl (C=O) groups excluding carboxylic acids is 2. The fraction of sp³-hybridized carbons (Fsp3) is 0.615. The Hall–Kier alpha value is -3.34. The molecule has 2 aromatic rings. The lowest BCUT2D eigenvalue weighted by Crippen LogP contribution is -2.39. The topological polar surface area (TPSA) is 127 Å². The summed E-state index contributed by atoms with van der Waals surface area (Å²) in [5.41, 5.74) is 0.281. The molecule has 2 aliphatic heterocycles. The fourth-order valence-electron chi connectivity index (χ4n) is 4.88. The molecule has 0 bridgehead atoms. The molecule has 1 saturated heterocycles. The number of carbonyl (C=O) groups is 2. The molecule has 3 aliphatic rings. The molecule has 2 fully saturated rings. The number of rotatable bonds is 5. The van der Waals surface area contributed by atoms with E-state index in [4.69, 9.17) is 9.47 Å². The zero-order chi connectivity index (χ0) is 26.3. The highest BCUT2D eigenvalue weighted by atomic mass is 16.6. The second kappa shape index (κ2) is 9.85. The lowest BCUT2D eigenvalue weighted by atomic mass is 9.99. The molecule has 0 spiro atoms. The van der Waals surface area contributed by atoms with Gasteiger partial charge >= 0.3 is 6.09 Å². The zero-order valence-corrected chi connectivity index (χ0v) is 21.7. The average Bonchev–Trinajstić information content (AvgIpc) is 3.55. The van der Waals surface area contributed by atoms with Gasteiger partial charge in [-0.25, -0.2) is 4.79 Å². The standard InChI is InChI=1S/C26H35N5O6/c1-26(2,3)37-25(35)29-10-4-5-17(15-29)19-13-27-31-22(19)30(14-16-8-11-36-12-9-16)23(33)20(24(31)34)21(32)28-18-6-7-18/h5,13,16,18,33H,4,6-12,14-15H2,1-3H3,(H,28,32). The molecule has 11 nitrogen and oxygen atoms in total. The van der Waals surface area contributed by atoms with Crippen molar-refractivity contribution in [2.75, 3.05) is 26.3 Å². The summed E-state index contributed by atoms with van der Waals surface area (Å²) in [7, 11) is 0. The molecule has 200 valence electrons. The van der Waals surface area contributed by atoms with Gasteiger partial charge < -0.3 is 24.8 Å². The van der Waals surface area contributed by atoms with Gasteiger partial charge in [-0.1, -0.05) is 6.08 Å². The first-order valence-electron chi connectivity index (χ1n) is 13.0. The molecular weight excluding hydrogens is 478 g/mol. The summed E-state index contributed by atoms with van der Waals surface area (Å²) in [4.78, 5) is 40.7. The molecule has 2 N–H and O–H groups in total. The van der Waals surface area contributed by atoms with Crippen LogP contribution in [0.4, 0.5) is 4.79 Å². The minimum Gasteiger partial charge on any atom is -0.494 e. The van der Waals surface area contributed by atoms with E-state index in [2.05, 4.69) is 10.4 Å². The van der Waals surface area contributed by atoms with Gasteiger partial charge in [0, 0.05) is 44.5 Å². The largest absolute Gasteiger partial charge is 0.494 e. The molecule has 0 radical (unpaired) electrons. The van der Waals surface area contributed by atoms with E-state index in [1.807, 2.05) is 26.8 Å². The van der Waals surface area contributed by atoms with Crippen LogP contribution in [0.15, 0.2) is 17.1 Å². The molecular formula is C26H35N5O6. The first-order valence-corrected chi connectivity index (χ1v) is 13.0. The summed E-state index contributed by atoms with van der Waals surface area (Å²) in [5.74, 6) is -0.742. The Kier molecular flexibility index (Phi) is 6.74. The average molecular weight is 514 g/mol. The van der Waals surface area contributed by atoms with Gasteiger partial charge in [-0.3, -0.25) is 14.2 Å². The Morgan fingerprint density at radius 3 is 2.62 bits per heavy atom. The van der Waals surface area contributed by atoms with Crippen molar-refractivity contribution in [1.82, 2.24) is 24.4 Å². The monoisotopic (exact) mass is 513 g/mol. The summed E-state index contributed by atoms with van der Waals surface area (Å²) >= 11 is 0. The van der Waals surface area contributed by atoms with Crippen molar-refractivity contribution in [2.45, 2.75) is 71.1 Å². The van der Waals surface area contributed by atoms with Crippen molar-refractivity contribution in [3.63, 3.8) is 0 Å². The molecule has 5 rings (SSSR count). The van der Waals surface area contributed by atoms with Crippen LogP contribution in [0.5, 0.6) is 5.88 Å². The van der Waals surface area contributed by atoms with Gasteiger partial charge in [0.05, 0.1) is 6.20 Å². The van der Waals surface area contributed by atoms with Gasteiger partial charge in [0.1, 0.15) is 11.2 Å². The van der Waals surface area contributed by atoms with Crippen LogP contribution in [0.1, 0.15) is 68.8 Å². The van der Waals surface area contributed by atoms with E-state index in [9.17, 15) is 19.5 Å². The summed E-state index contributed by atoms with van der Waals surface area (Å²) < 4.78 is 13.9. The summed E-state index contributed by atoms with van der Waals surface area (Å²) in [6.45, 7) is 7.93. The minimum absolute atomic E-state index is 0.0327. The molecule has 0 unspecified atom stereocenters. The highest BCUT2D eigenvalue weighted by molar-refractivity contribution is 5.97. The predicted molar refractivity (Wildman–Crippen MR) is 136 cm³/mol. The molecule has 37 heavy (non-hydrogen) atoms. The zero-order valence-electron chi connectivity index (χ0n) is 21.7. The number of hydrogen-bond donors (Lipinski definition) is 2. The molecule has 0 atom stereocenters. The predicted octanol–water partition coefficient (Wildman–Crippen LogP) is 2.54. The van der Waals surface area contributed by atoms with Crippen molar-refractivity contribution in [3.05, 3.63) is 33.8 Å². The first-order chi connectivity index (χ1) is 17.6. The van der Waals surface area contributed by atoms with Crippen LogP contribution in [0.2, 0.25) is 0 Å². The summed E-state index contributed by atoms with van der Waals surface area (Å²) in [6.07, 6.45) is 7.13. The first kappa shape index (κ1) is 25.3. The second-order valence-corrected chi connectivity index (χ2v) is 11.1. The van der Waals surface area contributed by atoms with E-state index in [0.717, 1.165) is 31.3 Å². The molecule has 1 aliphatic carbocycles. The van der Waals surface area contributed by atoms with Crippen molar-refractivity contribution in [2.24, 2.45) is 5.92 Å². The fourth-order valence-corrected chi connectivity index (χ4v) is 4.88. The van der Waals surface area contributed by atoms with E-state index in [0.29, 0.717) is 43.9 Å². The SMILES string of the molecule is CC(C)(C)OC(=O)N1CCC=C(c2cnn3c(=O)c(C(=O)NC4CC4)c(O)n(CC4CCOCC4)c23)C1. The maximum atomic E-state index is 13.4. The van der Waals surface area contributed by atoms with Crippen LogP contribution in [0.25, 0.3) is 11.2 Å². The maximum absolute atomic E-state index is 13.4. The van der Waals surface area contributed by atoms with Gasteiger partial charge in [0.15, 0.2) is 5.56 Å². The molecule has 2 aromatic heterocycles. The summed E-state index contributed by atoms with van der Waals surface area (Å²) in [6, 6.07) is 0.0327.